The molecule has 0 unspecified atom stereocenters. The summed E-state index contributed by atoms with van der Waals surface area (Å²) in [7, 11) is -3.98. The van der Waals surface area contributed by atoms with Crippen LogP contribution >= 0.6 is 15.9 Å². The number of sulfonamides is 1. The van der Waals surface area contributed by atoms with Gasteiger partial charge in [0.05, 0.1) is 15.1 Å². The van der Waals surface area contributed by atoms with Crippen molar-refractivity contribution in [3.63, 3.8) is 0 Å². The van der Waals surface area contributed by atoms with Gasteiger partial charge in [-0.1, -0.05) is 6.07 Å². The van der Waals surface area contributed by atoms with Crippen LogP contribution in [0.25, 0.3) is 0 Å². The van der Waals surface area contributed by atoms with Crippen molar-refractivity contribution in [3.8, 4) is 0 Å². The van der Waals surface area contributed by atoms with Gasteiger partial charge in [-0.05, 0) is 59.1 Å². The Bertz CT molecular complexity index is 807. The van der Waals surface area contributed by atoms with Gasteiger partial charge in [-0.15, -0.1) is 0 Å². The Morgan fingerprint density at radius 2 is 1.67 bits per heavy atom. The molecular formula is C14H12BrF2NO2S. The van der Waals surface area contributed by atoms with Gasteiger partial charge in [0.2, 0.25) is 0 Å². The molecule has 112 valence electrons. The third kappa shape index (κ3) is 3.41. The summed E-state index contributed by atoms with van der Waals surface area (Å²) in [4.78, 5) is -0.00618. The van der Waals surface area contributed by atoms with E-state index in [1.807, 2.05) is 6.92 Å². The first kappa shape index (κ1) is 15.9. The van der Waals surface area contributed by atoms with E-state index in [0.29, 0.717) is 0 Å². The predicted octanol–water partition coefficient (Wildman–Crippen LogP) is 4.14. The van der Waals surface area contributed by atoms with Gasteiger partial charge in [-0.25, -0.2) is 17.2 Å². The zero-order chi connectivity index (χ0) is 15.8. The first-order valence-corrected chi connectivity index (χ1v) is 8.23. The SMILES string of the molecule is Cc1ccc(S(=O)(=O)Nc2cc(F)c(Br)cc2F)cc1C. The molecule has 0 aliphatic heterocycles. The highest BCUT2D eigenvalue weighted by atomic mass is 79.9. The monoisotopic (exact) mass is 375 g/mol. The van der Waals surface area contributed by atoms with Crippen molar-refractivity contribution < 1.29 is 17.2 Å². The molecule has 0 amide bonds. The van der Waals surface area contributed by atoms with Crippen LogP contribution in [0.15, 0.2) is 39.7 Å². The maximum Gasteiger partial charge on any atom is 0.261 e. The minimum absolute atomic E-state index is 0.00618. The van der Waals surface area contributed by atoms with Crippen molar-refractivity contribution in [2.75, 3.05) is 4.72 Å². The molecule has 21 heavy (non-hydrogen) atoms. The van der Waals surface area contributed by atoms with E-state index >= 15 is 0 Å². The van der Waals surface area contributed by atoms with E-state index in [0.717, 1.165) is 23.3 Å². The first-order valence-electron chi connectivity index (χ1n) is 5.95. The first-order chi connectivity index (χ1) is 9.70. The highest BCUT2D eigenvalue weighted by Crippen LogP contribution is 2.26. The molecule has 7 heteroatoms. The maximum atomic E-state index is 13.7. The molecule has 0 fully saturated rings. The van der Waals surface area contributed by atoms with E-state index in [9.17, 15) is 17.2 Å². The lowest BCUT2D eigenvalue weighted by Crippen LogP contribution is -2.14. The van der Waals surface area contributed by atoms with Gasteiger partial charge >= 0.3 is 0 Å². The number of hydrogen-bond acceptors (Lipinski definition) is 2. The summed E-state index contributed by atoms with van der Waals surface area (Å²) >= 11 is 2.83. The van der Waals surface area contributed by atoms with E-state index in [1.165, 1.54) is 12.1 Å². The summed E-state index contributed by atoms with van der Waals surface area (Å²) in [5.74, 6) is -1.62. The molecule has 0 atom stereocenters. The van der Waals surface area contributed by atoms with E-state index in [4.69, 9.17) is 0 Å². The van der Waals surface area contributed by atoms with Crippen molar-refractivity contribution in [3.05, 3.63) is 57.6 Å². The van der Waals surface area contributed by atoms with E-state index in [1.54, 1.807) is 13.0 Å². The smallest absolute Gasteiger partial charge is 0.261 e. The van der Waals surface area contributed by atoms with Gasteiger partial charge in [0.15, 0.2) is 0 Å². The summed E-state index contributed by atoms with van der Waals surface area (Å²) in [6.07, 6.45) is 0. The van der Waals surface area contributed by atoms with Crippen LogP contribution in [0.1, 0.15) is 11.1 Å². The number of halogens is 3. The van der Waals surface area contributed by atoms with Crippen molar-refractivity contribution >= 4 is 31.6 Å². The average Bonchev–Trinajstić information content (AvgIpc) is 2.39. The molecule has 0 heterocycles. The molecule has 0 spiro atoms. The third-order valence-electron chi connectivity index (χ3n) is 3.04. The number of benzene rings is 2. The molecular weight excluding hydrogens is 364 g/mol. The topological polar surface area (TPSA) is 46.2 Å². The molecule has 0 radical (unpaired) electrons. The minimum atomic E-state index is -3.98. The summed E-state index contributed by atoms with van der Waals surface area (Å²) in [5, 5.41) is 0. The summed E-state index contributed by atoms with van der Waals surface area (Å²) in [5.41, 5.74) is 1.30. The minimum Gasteiger partial charge on any atom is -0.277 e. The Kier molecular flexibility index (Phi) is 4.34. The van der Waals surface area contributed by atoms with E-state index in [2.05, 4.69) is 20.7 Å². The lowest BCUT2D eigenvalue weighted by Gasteiger charge is -2.11. The Labute approximate surface area is 130 Å². The lowest BCUT2D eigenvalue weighted by molar-refractivity contribution is 0.591. The number of hydrogen-bond donors (Lipinski definition) is 1. The molecule has 0 saturated carbocycles. The third-order valence-corrected chi connectivity index (χ3v) is 5.01. The molecule has 0 aliphatic rings. The summed E-state index contributed by atoms with van der Waals surface area (Å²) in [6, 6.07) is 6.20. The number of rotatable bonds is 3. The Morgan fingerprint density at radius 1 is 1.00 bits per heavy atom. The largest absolute Gasteiger partial charge is 0.277 e. The fraction of sp³-hybridized carbons (Fsp3) is 0.143. The number of anilines is 1. The standard InChI is InChI=1S/C14H12BrF2NO2S/c1-8-3-4-10(5-9(8)2)21(19,20)18-14-7-12(16)11(15)6-13(14)17/h3-7,18H,1-2H3. The summed E-state index contributed by atoms with van der Waals surface area (Å²) < 4.78 is 53.5. The van der Waals surface area contributed by atoms with Crippen LogP contribution in [-0.2, 0) is 10.0 Å². The predicted molar refractivity (Wildman–Crippen MR) is 80.8 cm³/mol. The second-order valence-electron chi connectivity index (χ2n) is 4.60. The maximum absolute atomic E-state index is 13.7. The van der Waals surface area contributed by atoms with Crippen molar-refractivity contribution in [2.24, 2.45) is 0 Å². The van der Waals surface area contributed by atoms with E-state index in [-0.39, 0.29) is 9.37 Å². The van der Waals surface area contributed by atoms with Crippen LogP contribution in [-0.4, -0.2) is 8.42 Å². The van der Waals surface area contributed by atoms with Crippen LogP contribution in [0.2, 0.25) is 0 Å². The fourth-order valence-corrected chi connectivity index (χ4v) is 3.14. The van der Waals surface area contributed by atoms with Crippen LogP contribution < -0.4 is 4.72 Å². The molecule has 0 bridgehead atoms. The normalized spacial score (nSPS) is 11.5. The molecule has 2 rings (SSSR count). The quantitative estimate of drug-likeness (QED) is 0.819. The van der Waals surface area contributed by atoms with Gasteiger partial charge in [-0.2, -0.15) is 0 Å². The van der Waals surface area contributed by atoms with Crippen LogP contribution in [0.5, 0.6) is 0 Å². The van der Waals surface area contributed by atoms with Crippen LogP contribution in [0.3, 0.4) is 0 Å². The highest BCUT2D eigenvalue weighted by molar-refractivity contribution is 9.10. The molecule has 2 aromatic rings. The highest BCUT2D eigenvalue weighted by Gasteiger charge is 2.18. The zero-order valence-electron chi connectivity index (χ0n) is 11.2. The fourth-order valence-electron chi connectivity index (χ4n) is 1.69. The second kappa shape index (κ2) is 5.73. The van der Waals surface area contributed by atoms with E-state index < -0.39 is 27.3 Å². The number of nitrogens with one attached hydrogen (secondary N) is 1. The Balaban J connectivity index is 2.42. The van der Waals surface area contributed by atoms with Gasteiger partial charge in [-0.3, -0.25) is 4.72 Å². The lowest BCUT2D eigenvalue weighted by atomic mass is 10.1. The molecule has 2 aromatic carbocycles. The Morgan fingerprint density at radius 3 is 2.29 bits per heavy atom. The van der Waals surface area contributed by atoms with Crippen molar-refractivity contribution in [2.45, 2.75) is 18.7 Å². The van der Waals surface area contributed by atoms with Gasteiger partial charge in [0.1, 0.15) is 11.6 Å². The molecule has 0 aliphatic carbocycles. The average molecular weight is 376 g/mol. The molecule has 3 nitrogen and oxygen atoms in total. The zero-order valence-corrected chi connectivity index (χ0v) is 13.6. The molecule has 0 saturated heterocycles. The van der Waals surface area contributed by atoms with Crippen LogP contribution in [0.4, 0.5) is 14.5 Å². The van der Waals surface area contributed by atoms with Gasteiger partial charge < -0.3 is 0 Å². The summed E-state index contributed by atoms with van der Waals surface area (Å²) in [6.45, 7) is 3.62. The van der Waals surface area contributed by atoms with Crippen LogP contribution in [0, 0.1) is 25.5 Å². The van der Waals surface area contributed by atoms with Crippen molar-refractivity contribution in [1.29, 1.82) is 0 Å². The van der Waals surface area contributed by atoms with Gasteiger partial charge in [0.25, 0.3) is 10.0 Å². The number of aryl methyl sites for hydroxylation is 2. The Hall–Kier alpha value is -1.47. The second-order valence-corrected chi connectivity index (χ2v) is 7.13. The molecule has 0 aromatic heterocycles. The van der Waals surface area contributed by atoms with Gasteiger partial charge in [0, 0.05) is 6.07 Å². The molecule has 1 N–H and O–H groups in total. The van der Waals surface area contributed by atoms with Crippen molar-refractivity contribution in [1.82, 2.24) is 0 Å².